The molecule has 0 fully saturated rings. The van der Waals surface area contributed by atoms with Gasteiger partial charge in [-0.15, -0.1) is 0 Å². The van der Waals surface area contributed by atoms with Crippen molar-refractivity contribution in [1.82, 2.24) is 0 Å². The zero-order valence-electron chi connectivity index (χ0n) is 14.3. The van der Waals surface area contributed by atoms with Crippen LogP contribution in [-0.2, 0) is 6.42 Å². The van der Waals surface area contributed by atoms with Crippen molar-refractivity contribution in [3.8, 4) is 6.07 Å². The van der Waals surface area contributed by atoms with Gasteiger partial charge in [-0.3, -0.25) is 0 Å². The molecule has 0 amide bonds. The molecule has 0 aliphatic carbocycles. The Labute approximate surface area is 140 Å². The van der Waals surface area contributed by atoms with Gasteiger partial charge in [0.15, 0.2) is 0 Å². The molecule has 1 N–H and O–H groups in total. The second-order valence-electron chi connectivity index (χ2n) is 6.23. The maximum atomic E-state index is 11.0. The van der Waals surface area contributed by atoms with E-state index in [0.717, 1.165) is 18.4 Å². The molecule has 1 aromatic carbocycles. The van der Waals surface area contributed by atoms with E-state index in [0.29, 0.717) is 0 Å². The molecular formula is C20H29NO2. The summed E-state index contributed by atoms with van der Waals surface area (Å²) in [4.78, 5) is 11.0. The number of rotatable bonds is 12. The van der Waals surface area contributed by atoms with Crippen molar-refractivity contribution in [2.75, 3.05) is 0 Å². The monoisotopic (exact) mass is 315 g/mol. The van der Waals surface area contributed by atoms with Crippen LogP contribution in [0.15, 0.2) is 18.2 Å². The lowest BCUT2D eigenvalue weighted by atomic mass is 10.00. The molecule has 1 aromatic rings. The Morgan fingerprint density at radius 2 is 1.57 bits per heavy atom. The molecule has 1 rings (SSSR count). The zero-order valence-corrected chi connectivity index (χ0v) is 14.3. The van der Waals surface area contributed by atoms with Crippen molar-refractivity contribution in [1.29, 1.82) is 5.26 Å². The third-order valence-corrected chi connectivity index (χ3v) is 4.25. The van der Waals surface area contributed by atoms with E-state index in [1.54, 1.807) is 12.1 Å². The molecular weight excluding hydrogens is 286 g/mol. The summed E-state index contributed by atoms with van der Waals surface area (Å²) >= 11 is 0. The minimum absolute atomic E-state index is 0.0966. The van der Waals surface area contributed by atoms with Crippen LogP contribution in [0.4, 0.5) is 0 Å². The van der Waals surface area contributed by atoms with Crippen molar-refractivity contribution in [2.24, 2.45) is 0 Å². The minimum atomic E-state index is -1.04. The highest BCUT2D eigenvalue weighted by Crippen LogP contribution is 2.15. The lowest BCUT2D eigenvalue weighted by Crippen LogP contribution is -2.01. The van der Waals surface area contributed by atoms with Crippen LogP contribution in [0.5, 0.6) is 0 Å². The van der Waals surface area contributed by atoms with Crippen molar-refractivity contribution in [2.45, 2.75) is 77.6 Å². The van der Waals surface area contributed by atoms with Crippen LogP contribution in [0.3, 0.4) is 0 Å². The van der Waals surface area contributed by atoms with Gasteiger partial charge in [-0.2, -0.15) is 5.26 Å². The normalized spacial score (nSPS) is 10.4. The maximum absolute atomic E-state index is 11.0. The number of hydrogen-bond donors (Lipinski definition) is 1. The summed E-state index contributed by atoms with van der Waals surface area (Å²) in [6.45, 7) is 2.24. The van der Waals surface area contributed by atoms with Gasteiger partial charge in [0.05, 0.1) is 11.1 Å². The average molecular weight is 315 g/mol. The maximum Gasteiger partial charge on any atom is 0.337 e. The predicted molar refractivity (Wildman–Crippen MR) is 93.7 cm³/mol. The Bertz CT molecular complexity index is 517. The van der Waals surface area contributed by atoms with Crippen molar-refractivity contribution < 1.29 is 9.90 Å². The molecule has 0 saturated heterocycles. The molecule has 0 bridgehead atoms. The first-order chi connectivity index (χ1) is 11.2. The molecule has 0 aliphatic rings. The van der Waals surface area contributed by atoms with Crippen LogP contribution in [0.25, 0.3) is 0 Å². The van der Waals surface area contributed by atoms with Crippen molar-refractivity contribution in [3.05, 3.63) is 34.9 Å². The number of carboxylic acid groups (broad SMARTS) is 1. The Kier molecular flexibility index (Phi) is 9.79. The van der Waals surface area contributed by atoms with Gasteiger partial charge in [0, 0.05) is 0 Å². The summed E-state index contributed by atoms with van der Waals surface area (Å²) in [5.41, 5.74) is 1.42. The molecule has 23 heavy (non-hydrogen) atoms. The summed E-state index contributed by atoms with van der Waals surface area (Å²) in [6, 6.07) is 7.07. The van der Waals surface area contributed by atoms with E-state index < -0.39 is 5.97 Å². The average Bonchev–Trinajstić information content (AvgIpc) is 2.56. The zero-order chi connectivity index (χ0) is 16.9. The molecule has 0 spiro atoms. The molecule has 0 saturated carbocycles. The number of carboxylic acids is 1. The van der Waals surface area contributed by atoms with E-state index in [1.807, 2.05) is 12.1 Å². The Balaban J connectivity index is 2.17. The van der Waals surface area contributed by atoms with Gasteiger partial charge in [0.1, 0.15) is 6.07 Å². The second kappa shape index (κ2) is 11.7. The summed E-state index contributed by atoms with van der Waals surface area (Å²) < 4.78 is 0. The number of hydrogen-bond acceptors (Lipinski definition) is 2. The van der Waals surface area contributed by atoms with Gasteiger partial charge < -0.3 is 5.11 Å². The van der Waals surface area contributed by atoms with E-state index >= 15 is 0 Å². The van der Waals surface area contributed by atoms with Crippen LogP contribution in [0.2, 0.25) is 0 Å². The third-order valence-electron chi connectivity index (χ3n) is 4.25. The molecule has 0 atom stereocenters. The van der Waals surface area contributed by atoms with Crippen molar-refractivity contribution >= 4 is 5.97 Å². The van der Waals surface area contributed by atoms with Crippen LogP contribution in [-0.4, -0.2) is 11.1 Å². The number of nitriles is 1. The van der Waals surface area contributed by atoms with Crippen molar-refractivity contribution in [3.63, 3.8) is 0 Å². The lowest BCUT2D eigenvalue weighted by molar-refractivity contribution is 0.0696. The van der Waals surface area contributed by atoms with E-state index in [4.69, 9.17) is 10.4 Å². The largest absolute Gasteiger partial charge is 0.478 e. The van der Waals surface area contributed by atoms with Gasteiger partial charge in [-0.25, -0.2) is 4.79 Å². The first-order valence-electron chi connectivity index (χ1n) is 8.95. The molecule has 0 aromatic heterocycles. The smallest absolute Gasteiger partial charge is 0.337 e. The fourth-order valence-electron chi connectivity index (χ4n) is 2.84. The van der Waals surface area contributed by atoms with E-state index in [-0.39, 0.29) is 11.1 Å². The van der Waals surface area contributed by atoms with Gasteiger partial charge in [-0.1, -0.05) is 70.8 Å². The number of aryl methyl sites for hydroxylation is 1. The molecule has 3 heteroatoms. The van der Waals surface area contributed by atoms with Gasteiger partial charge >= 0.3 is 5.97 Å². The van der Waals surface area contributed by atoms with Gasteiger partial charge in [-0.05, 0) is 30.5 Å². The number of benzene rings is 1. The minimum Gasteiger partial charge on any atom is -0.478 e. The first kappa shape index (κ1) is 19.2. The SMILES string of the molecule is CCCCCCCCCCCCc1ccc(C(=O)O)c(C#N)c1. The number of aromatic carboxylic acids is 1. The Morgan fingerprint density at radius 3 is 2.09 bits per heavy atom. The lowest BCUT2D eigenvalue weighted by Gasteiger charge is -2.05. The fourth-order valence-corrected chi connectivity index (χ4v) is 2.84. The molecule has 0 radical (unpaired) electrons. The Hall–Kier alpha value is -1.82. The van der Waals surface area contributed by atoms with Crippen LogP contribution in [0, 0.1) is 11.3 Å². The number of unbranched alkanes of at least 4 members (excludes halogenated alkanes) is 9. The standard InChI is InChI=1S/C20H29NO2/c1-2-3-4-5-6-7-8-9-10-11-12-17-13-14-19(20(22)23)18(15-17)16-21/h13-15H,2-12H2,1H3,(H,22,23). The third kappa shape index (κ3) is 7.83. The van der Waals surface area contributed by atoms with Crippen LogP contribution >= 0.6 is 0 Å². The highest BCUT2D eigenvalue weighted by atomic mass is 16.4. The second-order valence-corrected chi connectivity index (χ2v) is 6.23. The molecule has 126 valence electrons. The van der Waals surface area contributed by atoms with Gasteiger partial charge in [0.25, 0.3) is 0 Å². The highest BCUT2D eigenvalue weighted by molar-refractivity contribution is 5.90. The summed E-state index contributed by atoms with van der Waals surface area (Å²) in [7, 11) is 0. The Morgan fingerprint density at radius 1 is 1.00 bits per heavy atom. The summed E-state index contributed by atoms with van der Waals surface area (Å²) in [5, 5.41) is 18.0. The van der Waals surface area contributed by atoms with E-state index in [1.165, 1.54) is 57.8 Å². The molecule has 0 heterocycles. The van der Waals surface area contributed by atoms with Crippen LogP contribution in [0.1, 0.15) is 92.6 Å². The van der Waals surface area contributed by atoms with Crippen LogP contribution < -0.4 is 0 Å². The topological polar surface area (TPSA) is 61.1 Å². The highest BCUT2D eigenvalue weighted by Gasteiger charge is 2.09. The predicted octanol–water partition coefficient (Wildman–Crippen LogP) is 5.72. The number of nitrogens with zero attached hydrogens (tertiary/aromatic N) is 1. The molecule has 3 nitrogen and oxygen atoms in total. The fraction of sp³-hybridized carbons (Fsp3) is 0.600. The number of carbonyl (C=O) groups is 1. The molecule has 0 unspecified atom stereocenters. The summed E-state index contributed by atoms with van der Waals surface area (Å²) in [5.74, 6) is -1.04. The molecule has 0 aliphatic heterocycles. The van der Waals surface area contributed by atoms with E-state index in [2.05, 4.69) is 6.92 Å². The van der Waals surface area contributed by atoms with E-state index in [9.17, 15) is 4.79 Å². The first-order valence-corrected chi connectivity index (χ1v) is 8.95. The summed E-state index contributed by atoms with van der Waals surface area (Å²) in [6.07, 6.45) is 13.9. The quantitative estimate of drug-likeness (QED) is 0.502. The van der Waals surface area contributed by atoms with Gasteiger partial charge in [0.2, 0.25) is 0 Å².